The third kappa shape index (κ3) is 8.21. The maximum atomic E-state index is 11.3. The predicted octanol–water partition coefficient (Wildman–Crippen LogP) is 0.0902. The Kier molecular flexibility index (Phi) is 4.76. The van der Waals surface area contributed by atoms with E-state index in [1.54, 1.807) is 0 Å². The third-order valence-corrected chi connectivity index (χ3v) is 2.71. The van der Waals surface area contributed by atoms with Crippen molar-refractivity contribution in [2.45, 2.75) is 27.2 Å². The highest BCUT2D eigenvalue weighted by atomic mass is 32.2. The van der Waals surface area contributed by atoms with Crippen molar-refractivity contribution >= 4 is 27.4 Å². The van der Waals surface area contributed by atoms with Gasteiger partial charge in [0.05, 0.1) is 5.75 Å². The summed E-state index contributed by atoms with van der Waals surface area (Å²) < 4.78 is 22.6. The molecule has 14 heavy (non-hydrogen) atoms. The molecule has 0 radical (unpaired) electrons. The quantitative estimate of drug-likeness (QED) is 0.478. The molecular formula is C7H17N3O2S2. The molecule has 0 aliphatic heterocycles. The van der Waals surface area contributed by atoms with E-state index in [1.165, 1.54) is 0 Å². The largest absolute Gasteiger partial charge is 0.375 e. The van der Waals surface area contributed by atoms with Crippen LogP contribution in [0.25, 0.3) is 0 Å². The first-order valence-electron chi connectivity index (χ1n) is 4.17. The van der Waals surface area contributed by atoms with Crippen molar-refractivity contribution in [3.05, 3.63) is 0 Å². The van der Waals surface area contributed by atoms with E-state index in [0.717, 1.165) is 0 Å². The van der Waals surface area contributed by atoms with Gasteiger partial charge in [-0.05, 0) is 24.1 Å². The molecule has 0 saturated carbocycles. The molecule has 0 fully saturated rings. The predicted molar refractivity (Wildman–Crippen MR) is 60.9 cm³/mol. The van der Waals surface area contributed by atoms with E-state index in [-0.39, 0.29) is 16.3 Å². The van der Waals surface area contributed by atoms with Gasteiger partial charge in [-0.15, -0.1) is 4.83 Å². The molecule has 0 amide bonds. The molecule has 7 heteroatoms. The zero-order valence-corrected chi connectivity index (χ0v) is 10.3. The molecule has 0 aliphatic rings. The molecule has 0 rings (SSSR count). The molecule has 0 atom stereocenters. The van der Waals surface area contributed by atoms with Crippen molar-refractivity contribution in [1.82, 2.24) is 10.3 Å². The minimum absolute atomic E-state index is 0.0159. The fourth-order valence-corrected chi connectivity index (χ4v) is 1.98. The van der Waals surface area contributed by atoms with Crippen LogP contribution in [0.5, 0.6) is 0 Å². The molecule has 0 aliphatic carbocycles. The Hall–Kier alpha value is -0.400. The molecule has 4 N–H and O–H groups in total. The lowest BCUT2D eigenvalue weighted by Gasteiger charge is -2.17. The lowest BCUT2D eigenvalue weighted by Crippen LogP contribution is -2.45. The fourth-order valence-electron chi connectivity index (χ4n) is 0.620. The molecule has 0 spiro atoms. The molecule has 0 bridgehead atoms. The van der Waals surface area contributed by atoms with Gasteiger partial charge in [-0.2, -0.15) is 0 Å². The first kappa shape index (κ1) is 13.6. The summed E-state index contributed by atoms with van der Waals surface area (Å²) in [5.74, 6) is 0.0477. The van der Waals surface area contributed by atoms with Crippen LogP contribution in [0.2, 0.25) is 0 Å². The number of hydrogen-bond acceptors (Lipinski definition) is 3. The Morgan fingerprint density at radius 2 is 1.93 bits per heavy atom. The number of thiocarbonyl (C=S) groups is 1. The lowest BCUT2D eigenvalue weighted by molar-refractivity contribution is 0.396. The van der Waals surface area contributed by atoms with Gasteiger partial charge in [-0.3, -0.25) is 5.43 Å². The Bertz CT molecular complexity index is 293. The van der Waals surface area contributed by atoms with Crippen molar-refractivity contribution in [1.29, 1.82) is 0 Å². The van der Waals surface area contributed by atoms with Crippen LogP contribution >= 0.6 is 12.2 Å². The average Bonchev–Trinajstić information content (AvgIpc) is 1.97. The van der Waals surface area contributed by atoms with Crippen LogP contribution in [0.15, 0.2) is 0 Å². The van der Waals surface area contributed by atoms with Gasteiger partial charge in [0.25, 0.3) is 0 Å². The van der Waals surface area contributed by atoms with Crippen molar-refractivity contribution in [3.8, 4) is 0 Å². The van der Waals surface area contributed by atoms with Crippen LogP contribution in [-0.2, 0) is 10.0 Å². The number of nitrogens with one attached hydrogen (secondary N) is 2. The normalized spacial score (nSPS) is 12.5. The highest BCUT2D eigenvalue weighted by Gasteiger charge is 2.16. The van der Waals surface area contributed by atoms with Crippen molar-refractivity contribution < 1.29 is 8.42 Å². The SMILES string of the molecule is CC(C)(C)CCS(=O)(=O)NNC(N)=S. The molecule has 0 aromatic carbocycles. The molecule has 0 saturated heterocycles. The van der Waals surface area contributed by atoms with Crippen LogP contribution in [0.4, 0.5) is 0 Å². The first-order chi connectivity index (χ1) is 6.12. The molecule has 0 aromatic rings. The first-order valence-corrected chi connectivity index (χ1v) is 6.23. The van der Waals surface area contributed by atoms with Crippen molar-refractivity contribution in [2.75, 3.05) is 5.75 Å². The van der Waals surface area contributed by atoms with E-state index in [0.29, 0.717) is 6.42 Å². The van der Waals surface area contributed by atoms with Gasteiger partial charge in [-0.1, -0.05) is 20.8 Å². The molecular weight excluding hydrogens is 222 g/mol. The van der Waals surface area contributed by atoms with Crippen LogP contribution in [0.1, 0.15) is 27.2 Å². The van der Waals surface area contributed by atoms with E-state index in [9.17, 15) is 8.42 Å². The molecule has 84 valence electrons. The number of sulfonamides is 1. The topological polar surface area (TPSA) is 84.2 Å². The highest BCUT2D eigenvalue weighted by Crippen LogP contribution is 2.18. The van der Waals surface area contributed by atoms with Gasteiger partial charge in [0.1, 0.15) is 0 Å². The Balaban J connectivity index is 4.03. The van der Waals surface area contributed by atoms with Gasteiger partial charge >= 0.3 is 0 Å². The number of hydrazine groups is 1. The average molecular weight is 239 g/mol. The van der Waals surface area contributed by atoms with E-state index in [1.807, 2.05) is 20.8 Å². The second-order valence-corrected chi connectivity index (χ2v) is 6.50. The summed E-state index contributed by atoms with van der Waals surface area (Å²) in [5, 5.41) is -0.0932. The number of rotatable bonds is 4. The maximum absolute atomic E-state index is 11.3. The van der Waals surface area contributed by atoms with Gasteiger partial charge in [0.15, 0.2) is 5.11 Å². The fraction of sp³-hybridized carbons (Fsp3) is 0.857. The summed E-state index contributed by atoms with van der Waals surface area (Å²) in [6, 6.07) is 0. The summed E-state index contributed by atoms with van der Waals surface area (Å²) in [4.78, 5) is 2.09. The summed E-state index contributed by atoms with van der Waals surface area (Å²) in [5.41, 5.74) is 7.25. The summed E-state index contributed by atoms with van der Waals surface area (Å²) in [7, 11) is -3.34. The number of nitrogens with two attached hydrogens (primary N) is 1. The van der Waals surface area contributed by atoms with Crippen LogP contribution in [0.3, 0.4) is 0 Å². The van der Waals surface area contributed by atoms with Gasteiger partial charge in [-0.25, -0.2) is 8.42 Å². The van der Waals surface area contributed by atoms with Crippen molar-refractivity contribution in [3.63, 3.8) is 0 Å². The molecule has 5 nitrogen and oxygen atoms in total. The summed E-state index contributed by atoms with van der Waals surface area (Å²) >= 11 is 4.46. The molecule has 0 unspecified atom stereocenters. The van der Waals surface area contributed by atoms with E-state index < -0.39 is 10.0 Å². The van der Waals surface area contributed by atoms with Crippen LogP contribution in [0, 0.1) is 5.41 Å². The Morgan fingerprint density at radius 3 is 2.29 bits per heavy atom. The highest BCUT2D eigenvalue weighted by molar-refractivity contribution is 7.89. The Morgan fingerprint density at radius 1 is 1.43 bits per heavy atom. The smallest absolute Gasteiger partial charge is 0.228 e. The van der Waals surface area contributed by atoms with E-state index in [4.69, 9.17) is 5.73 Å². The van der Waals surface area contributed by atoms with E-state index in [2.05, 4.69) is 22.5 Å². The van der Waals surface area contributed by atoms with Gasteiger partial charge < -0.3 is 5.73 Å². The Labute approximate surface area is 90.5 Å². The lowest BCUT2D eigenvalue weighted by atomic mass is 9.94. The van der Waals surface area contributed by atoms with Crippen LogP contribution in [-0.4, -0.2) is 19.3 Å². The maximum Gasteiger partial charge on any atom is 0.228 e. The summed E-state index contributed by atoms with van der Waals surface area (Å²) in [6.07, 6.45) is 0.571. The van der Waals surface area contributed by atoms with Gasteiger partial charge in [0.2, 0.25) is 10.0 Å². The second-order valence-electron chi connectivity index (χ2n) is 4.22. The second kappa shape index (κ2) is 4.90. The minimum Gasteiger partial charge on any atom is -0.375 e. The molecule has 0 heterocycles. The minimum atomic E-state index is -3.34. The van der Waals surface area contributed by atoms with Gasteiger partial charge in [0, 0.05) is 0 Å². The zero-order chi connectivity index (χ0) is 11.4. The monoisotopic (exact) mass is 239 g/mol. The third-order valence-electron chi connectivity index (χ3n) is 1.45. The van der Waals surface area contributed by atoms with Crippen LogP contribution < -0.4 is 16.0 Å². The molecule has 0 aromatic heterocycles. The number of hydrogen-bond donors (Lipinski definition) is 3. The van der Waals surface area contributed by atoms with E-state index >= 15 is 0 Å². The van der Waals surface area contributed by atoms with Crippen molar-refractivity contribution in [2.24, 2.45) is 11.1 Å². The zero-order valence-electron chi connectivity index (χ0n) is 8.62. The summed E-state index contributed by atoms with van der Waals surface area (Å²) in [6.45, 7) is 5.93. The standard InChI is InChI=1S/C7H17N3O2S2/c1-7(2,3)4-5-14(11,12)10-9-6(8)13/h10H,4-5H2,1-3H3,(H3,8,9,13).